The highest BCUT2D eigenvalue weighted by molar-refractivity contribution is 7.89. The molecule has 0 unspecified atom stereocenters. The van der Waals surface area contributed by atoms with E-state index >= 15 is 0 Å². The first-order chi connectivity index (χ1) is 23.4. The van der Waals surface area contributed by atoms with E-state index < -0.39 is 57.7 Å². The van der Waals surface area contributed by atoms with Gasteiger partial charge in [-0.2, -0.15) is 4.31 Å². The van der Waals surface area contributed by atoms with E-state index in [1.54, 1.807) is 45.0 Å². The highest BCUT2D eigenvalue weighted by Crippen LogP contribution is 2.44. The Hall–Kier alpha value is -4.62. The zero-order valence-electron chi connectivity index (χ0n) is 29.4. The molecule has 1 atom stereocenters. The molecule has 270 valence electrons. The van der Waals surface area contributed by atoms with Crippen molar-refractivity contribution in [2.45, 2.75) is 71.1 Å². The molecule has 12 nitrogen and oxygen atoms in total. The Morgan fingerprint density at radius 1 is 0.840 bits per heavy atom. The molecule has 0 saturated heterocycles. The minimum Gasteiger partial charge on any atom is -0.488 e. The van der Waals surface area contributed by atoms with Crippen molar-refractivity contribution in [1.29, 1.82) is 0 Å². The zero-order valence-corrected chi connectivity index (χ0v) is 30.2. The first-order valence-corrected chi connectivity index (χ1v) is 18.1. The third kappa shape index (κ3) is 11.2. The number of carboxylic acids is 1. The fraction of sp³-hybridized carbons (Fsp3) is 0.432. The maximum atomic E-state index is 13.4. The molecule has 3 aromatic rings. The molecule has 0 saturated carbocycles. The lowest BCUT2D eigenvalue weighted by Gasteiger charge is -2.27. The van der Waals surface area contributed by atoms with Crippen LogP contribution in [-0.4, -0.2) is 85.2 Å². The summed E-state index contributed by atoms with van der Waals surface area (Å²) in [6.45, 7) is 9.31. The third-order valence-electron chi connectivity index (χ3n) is 7.65. The highest BCUT2D eigenvalue weighted by Gasteiger charge is 2.31. The van der Waals surface area contributed by atoms with Crippen molar-refractivity contribution >= 4 is 28.2 Å². The van der Waals surface area contributed by atoms with Gasteiger partial charge >= 0.3 is 18.2 Å². The van der Waals surface area contributed by atoms with Crippen LogP contribution < -0.4 is 15.4 Å². The van der Waals surface area contributed by atoms with Gasteiger partial charge < -0.3 is 30.0 Å². The van der Waals surface area contributed by atoms with Crippen molar-refractivity contribution in [3.05, 3.63) is 89.5 Å². The number of nitrogens with one attached hydrogen (secondary N) is 2. The largest absolute Gasteiger partial charge is 0.488 e. The van der Waals surface area contributed by atoms with E-state index in [4.69, 9.17) is 14.2 Å². The van der Waals surface area contributed by atoms with Crippen molar-refractivity contribution in [3.63, 3.8) is 0 Å². The Balaban J connectivity index is 1.51. The average molecular weight is 710 g/mol. The predicted molar refractivity (Wildman–Crippen MR) is 190 cm³/mol. The van der Waals surface area contributed by atoms with Gasteiger partial charge in [0.15, 0.2) is 0 Å². The molecule has 0 radical (unpaired) electrons. The van der Waals surface area contributed by atoms with Gasteiger partial charge in [0.1, 0.15) is 30.1 Å². The quantitative estimate of drug-likeness (QED) is 0.195. The number of ether oxygens (including phenoxy) is 3. The molecule has 1 aliphatic carbocycles. The molecule has 0 spiro atoms. The van der Waals surface area contributed by atoms with Crippen molar-refractivity contribution < 1.29 is 42.1 Å². The Labute approximate surface area is 294 Å². The van der Waals surface area contributed by atoms with Gasteiger partial charge in [0, 0.05) is 19.0 Å². The van der Waals surface area contributed by atoms with Gasteiger partial charge in [-0.15, -0.1) is 0 Å². The van der Waals surface area contributed by atoms with Crippen molar-refractivity contribution in [2.24, 2.45) is 0 Å². The molecule has 3 N–H and O–H groups in total. The first kappa shape index (κ1) is 38.2. The standard InChI is InChI=1S/C37H47N3O9S/c1-36(2,3)48-27-17-15-25(16-18-27)21-26(22-40(23-33(41)42)50(45,46)20-19-38-34(43)49-37(4,5)6)39-35(44)47-24-32-30-13-9-7-11-28(30)29-12-8-10-14-31(29)32/h7-18,26,32H,19-24H2,1-6H3,(H,38,43)(H,39,44)(H,41,42)/t26-/m0/s1. The summed E-state index contributed by atoms with van der Waals surface area (Å²) in [6, 6.07) is 22.1. The van der Waals surface area contributed by atoms with Gasteiger partial charge in [-0.3, -0.25) is 4.79 Å². The van der Waals surface area contributed by atoms with E-state index in [0.717, 1.165) is 32.1 Å². The summed E-state index contributed by atoms with van der Waals surface area (Å²) in [7, 11) is -4.23. The number of hydrogen-bond acceptors (Lipinski definition) is 8. The molecule has 0 fully saturated rings. The molecular weight excluding hydrogens is 662 g/mol. The molecule has 0 bridgehead atoms. The number of amides is 2. The first-order valence-electron chi connectivity index (χ1n) is 16.5. The number of carboxylic acid groups (broad SMARTS) is 1. The van der Waals surface area contributed by atoms with E-state index in [1.165, 1.54) is 0 Å². The zero-order chi connectivity index (χ0) is 36.7. The molecular formula is C37H47N3O9S. The number of hydrogen-bond donors (Lipinski definition) is 3. The lowest BCUT2D eigenvalue weighted by molar-refractivity contribution is -0.137. The number of nitrogens with zero attached hydrogens (tertiary/aromatic N) is 1. The highest BCUT2D eigenvalue weighted by atomic mass is 32.2. The molecule has 2 amide bonds. The van der Waals surface area contributed by atoms with Crippen LogP contribution in [0.1, 0.15) is 64.2 Å². The average Bonchev–Trinajstić information content (AvgIpc) is 3.32. The molecule has 0 aromatic heterocycles. The van der Waals surface area contributed by atoms with Crippen molar-refractivity contribution in [2.75, 3.05) is 32.0 Å². The minimum atomic E-state index is -4.23. The Morgan fingerprint density at radius 3 is 1.96 bits per heavy atom. The number of rotatable bonds is 14. The number of alkyl carbamates (subject to hydrolysis) is 2. The van der Waals surface area contributed by atoms with Gasteiger partial charge in [0.25, 0.3) is 0 Å². The summed E-state index contributed by atoms with van der Waals surface area (Å²) in [6.07, 6.45) is -1.42. The molecule has 0 heterocycles. The molecule has 1 aliphatic rings. The predicted octanol–water partition coefficient (Wildman–Crippen LogP) is 5.55. The van der Waals surface area contributed by atoms with E-state index in [2.05, 4.69) is 10.6 Å². The molecule has 13 heteroatoms. The number of fused-ring (bicyclic) bond motifs is 3. The Bertz CT molecular complexity index is 1720. The normalized spacial score (nSPS) is 13.6. The number of carbonyl (C=O) groups excluding carboxylic acids is 2. The summed E-state index contributed by atoms with van der Waals surface area (Å²) in [5, 5.41) is 14.8. The van der Waals surface area contributed by atoms with Crippen LogP contribution in [0, 0.1) is 0 Å². The van der Waals surface area contributed by atoms with Crippen LogP contribution in [0.2, 0.25) is 0 Å². The summed E-state index contributed by atoms with van der Waals surface area (Å²) in [5.74, 6) is -1.52. The number of benzene rings is 3. The van der Waals surface area contributed by atoms with E-state index in [1.807, 2.05) is 69.3 Å². The van der Waals surface area contributed by atoms with Gasteiger partial charge in [-0.25, -0.2) is 18.0 Å². The SMILES string of the molecule is CC(C)(C)OC(=O)NCCS(=O)(=O)N(CC(=O)O)C[C@H](Cc1ccc(OC(C)(C)C)cc1)NC(=O)OCC1c2ccccc2-c2ccccc21. The molecule has 3 aromatic carbocycles. The smallest absolute Gasteiger partial charge is 0.407 e. The minimum absolute atomic E-state index is 0.0406. The lowest BCUT2D eigenvalue weighted by atomic mass is 9.98. The van der Waals surface area contributed by atoms with Gasteiger partial charge in [-0.1, -0.05) is 60.7 Å². The van der Waals surface area contributed by atoms with Crippen molar-refractivity contribution in [3.8, 4) is 16.9 Å². The maximum Gasteiger partial charge on any atom is 0.407 e. The Morgan fingerprint density at radius 2 is 1.42 bits per heavy atom. The number of sulfonamides is 1. The number of carbonyl (C=O) groups is 3. The number of aliphatic carboxylic acids is 1. The van der Waals surface area contributed by atoms with Crippen molar-refractivity contribution in [1.82, 2.24) is 14.9 Å². The molecule has 0 aliphatic heterocycles. The third-order valence-corrected chi connectivity index (χ3v) is 9.44. The van der Waals surface area contributed by atoms with E-state index in [0.29, 0.717) is 5.75 Å². The van der Waals surface area contributed by atoms with Gasteiger partial charge in [-0.05, 0) is 87.9 Å². The summed E-state index contributed by atoms with van der Waals surface area (Å²) in [4.78, 5) is 37.3. The second-order valence-electron chi connectivity index (χ2n) is 14.2. The van der Waals surface area contributed by atoms with E-state index in [9.17, 15) is 27.9 Å². The second-order valence-corrected chi connectivity index (χ2v) is 16.2. The molecule has 50 heavy (non-hydrogen) atoms. The second kappa shape index (κ2) is 15.9. The summed E-state index contributed by atoms with van der Waals surface area (Å²) >= 11 is 0. The summed E-state index contributed by atoms with van der Waals surface area (Å²) < 4.78 is 44.5. The molecule has 4 rings (SSSR count). The van der Waals surface area contributed by atoms with Gasteiger partial charge in [0.05, 0.1) is 11.8 Å². The monoisotopic (exact) mass is 709 g/mol. The van der Waals surface area contributed by atoms with Crippen LogP contribution >= 0.6 is 0 Å². The Kier molecular flexibility index (Phi) is 12.2. The van der Waals surface area contributed by atoms with Crippen LogP contribution in [0.3, 0.4) is 0 Å². The van der Waals surface area contributed by atoms with Crippen LogP contribution in [0.15, 0.2) is 72.8 Å². The van der Waals surface area contributed by atoms with Crippen LogP contribution in [-0.2, 0) is 30.7 Å². The van der Waals surface area contributed by atoms with Crippen LogP contribution in [0.4, 0.5) is 9.59 Å². The van der Waals surface area contributed by atoms with Crippen LogP contribution in [0.25, 0.3) is 11.1 Å². The fourth-order valence-corrected chi connectivity index (χ4v) is 7.03. The summed E-state index contributed by atoms with van der Waals surface area (Å²) in [5.41, 5.74) is 3.76. The topological polar surface area (TPSA) is 161 Å². The lowest BCUT2D eigenvalue weighted by Crippen LogP contribution is -2.50. The fourth-order valence-electron chi connectivity index (χ4n) is 5.70. The van der Waals surface area contributed by atoms with Crippen LogP contribution in [0.5, 0.6) is 5.75 Å². The maximum absolute atomic E-state index is 13.4. The van der Waals surface area contributed by atoms with E-state index in [-0.39, 0.29) is 32.0 Å². The van der Waals surface area contributed by atoms with Gasteiger partial charge in [0.2, 0.25) is 10.0 Å².